The molecule has 3 aromatic rings. The fourth-order valence-electron chi connectivity index (χ4n) is 3.60. The average molecular weight is 468 g/mol. The largest absolute Gasteiger partial charge is 0.494 e. The van der Waals surface area contributed by atoms with Gasteiger partial charge in [-0.15, -0.1) is 11.3 Å². The Morgan fingerprint density at radius 3 is 2.45 bits per heavy atom. The Hall–Kier alpha value is -3.72. The highest BCUT2D eigenvalue weighted by atomic mass is 32.1. The molecule has 2 aromatic carbocycles. The number of thiophene rings is 1. The minimum absolute atomic E-state index is 0.195. The fourth-order valence-corrected chi connectivity index (χ4v) is 4.30. The van der Waals surface area contributed by atoms with E-state index in [0.717, 1.165) is 9.78 Å². The van der Waals surface area contributed by atoms with Crippen molar-refractivity contribution in [3.8, 4) is 5.75 Å². The first-order chi connectivity index (χ1) is 16.0. The van der Waals surface area contributed by atoms with E-state index in [1.165, 1.54) is 40.5 Å². The number of rotatable bonds is 8. The van der Waals surface area contributed by atoms with Crippen LogP contribution in [0.25, 0.3) is 0 Å². The highest BCUT2D eigenvalue weighted by molar-refractivity contribution is 7.09. The molecule has 0 bridgehead atoms. The number of nitrogens with one attached hydrogen (secondary N) is 1. The van der Waals surface area contributed by atoms with Gasteiger partial charge in [0.25, 0.3) is 5.91 Å². The van der Waals surface area contributed by atoms with Crippen molar-refractivity contribution in [2.24, 2.45) is 0 Å². The van der Waals surface area contributed by atoms with Crippen LogP contribution in [0.2, 0.25) is 0 Å². The number of halogens is 1. The van der Waals surface area contributed by atoms with Crippen molar-refractivity contribution in [1.82, 2.24) is 4.90 Å². The van der Waals surface area contributed by atoms with Crippen LogP contribution in [0, 0.1) is 5.82 Å². The zero-order valence-electron chi connectivity index (χ0n) is 17.9. The number of nitrogens with zero attached hydrogens (tertiary/aromatic N) is 2. The van der Waals surface area contributed by atoms with Crippen LogP contribution in [0.1, 0.15) is 18.2 Å². The van der Waals surface area contributed by atoms with E-state index >= 15 is 0 Å². The number of imide groups is 1. The molecular weight excluding hydrogens is 445 g/mol. The Morgan fingerprint density at radius 1 is 1.09 bits per heavy atom. The number of anilines is 2. The lowest BCUT2D eigenvalue weighted by Crippen LogP contribution is -2.37. The zero-order valence-corrected chi connectivity index (χ0v) is 18.7. The van der Waals surface area contributed by atoms with E-state index in [9.17, 15) is 18.8 Å². The normalized spacial score (nSPS) is 15.8. The summed E-state index contributed by atoms with van der Waals surface area (Å²) >= 11 is 1.46. The summed E-state index contributed by atoms with van der Waals surface area (Å²) in [5.41, 5.74) is 0.817. The van der Waals surface area contributed by atoms with Crippen molar-refractivity contribution in [2.75, 3.05) is 16.8 Å². The molecule has 0 radical (unpaired) electrons. The van der Waals surface area contributed by atoms with Crippen molar-refractivity contribution >= 4 is 40.6 Å². The van der Waals surface area contributed by atoms with E-state index in [1.807, 2.05) is 24.4 Å². The summed E-state index contributed by atoms with van der Waals surface area (Å²) in [5, 5.41) is 4.64. The molecular formula is C24H22FN3O4S. The third kappa shape index (κ3) is 5.04. The molecule has 0 saturated carbocycles. The maximum atomic E-state index is 13.4. The maximum absolute atomic E-state index is 13.4. The second kappa shape index (κ2) is 9.83. The van der Waals surface area contributed by atoms with Crippen LogP contribution in [-0.2, 0) is 16.1 Å². The first-order valence-corrected chi connectivity index (χ1v) is 11.3. The number of amides is 4. The van der Waals surface area contributed by atoms with Crippen LogP contribution in [0.4, 0.5) is 20.6 Å². The van der Waals surface area contributed by atoms with Crippen LogP contribution >= 0.6 is 11.3 Å². The van der Waals surface area contributed by atoms with E-state index in [2.05, 4.69) is 5.32 Å². The number of hydrogen-bond acceptors (Lipinski definition) is 5. The lowest BCUT2D eigenvalue weighted by molar-refractivity contribution is -0.124. The average Bonchev–Trinajstić information content (AvgIpc) is 3.39. The molecule has 1 fully saturated rings. The summed E-state index contributed by atoms with van der Waals surface area (Å²) < 4.78 is 18.8. The van der Waals surface area contributed by atoms with Crippen molar-refractivity contribution < 1.29 is 23.5 Å². The first-order valence-electron chi connectivity index (χ1n) is 10.4. The van der Waals surface area contributed by atoms with Crippen LogP contribution in [0.5, 0.6) is 5.75 Å². The Kier molecular flexibility index (Phi) is 6.69. The third-order valence-electron chi connectivity index (χ3n) is 5.14. The summed E-state index contributed by atoms with van der Waals surface area (Å²) in [6.45, 7) is 2.61. The SMILES string of the molecule is CCOc1ccc(NC(=O)C[C@H]2C(=O)N(c3ccc(F)cc3)C(=O)N2Cc2cccs2)cc1. The van der Waals surface area contributed by atoms with Gasteiger partial charge in [-0.05, 0) is 66.9 Å². The van der Waals surface area contributed by atoms with Gasteiger partial charge in [0.05, 0.1) is 25.3 Å². The van der Waals surface area contributed by atoms with Gasteiger partial charge in [-0.2, -0.15) is 0 Å². The van der Waals surface area contributed by atoms with Crippen molar-refractivity contribution in [3.05, 3.63) is 76.7 Å². The van der Waals surface area contributed by atoms with Gasteiger partial charge in [-0.3, -0.25) is 9.59 Å². The predicted octanol–water partition coefficient (Wildman–Crippen LogP) is 4.65. The van der Waals surface area contributed by atoms with Gasteiger partial charge in [0.15, 0.2) is 0 Å². The molecule has 2 heterocycles. The monoisotopic (exact) mass is 467 g/mol. The summed E-state index contributed by atoms with van der Waals surface area (Å²) in [6.07, 6.45) is -0.207. The topological polar surface area (TPSA) is 79.0 Å². The molecule has 170 valence electrons. The van der Waals surface area contributed by atoms with Gasteiger partial charge >= 0.3 is 6.03 Å². The molecule has 9 heteroatoms. The molecule has 1 atom stereocenters. The smallest absolute Gasteiger partial charge is 0.332 e. The van der Waals surface area contributed by atoms with Crippen LogP contribution < -0.4 is 15.0 Å². The third-order valence-corrected chi connectivity index (χ3v) is 6.00. The number of carbonyl (C=O) groups excluding carboxylic acids is 3. The highest BCUT2D eigenvalue weighted by Gasteiger charge is 2.46. The van der Waals surface area contributed by atoms with Gasteiger partial charge in [-0.1, -0.05) is 6.07 Å². The van der Waals surface area contributed by atoms with Crippen LogP contribution in [-0.4, -0.2) is 35.4 Å². The van der Waals surface area contributed by atoms with E-state index in [-0.39, 0.29) is 18.7 Å². The molecule has 7 nitrogen and oxygen atoms in total. The summed E-state index contributed by atoms with van der Waals surface area (Å²) in [5.74, 6) is -0.712. The molecule has 0 unspecified atom stereocenters. The number of benzene rings is 2. The van der Waals surface area contributed by atoms with Gasteiger partial charge in [0, 0.05) is 10.6 Å². The zero-order chi connectivity index (χ0) is 23.4. The quantitative estimate of drug-likeness (QED) is 0.489. The first kappa shape index (κ1) is 22.5. The van der Waals surface area contributed by atoms with Crippen LogP contribution in [0.3, 0.4) is 0 Å². The molecule has 1 saturated heterocycles. The molecule has 1 aromatic heterocycles. The number of ether oxygens (including phenoxy) is 1. The summed E-state index contributed by atoms with van der Waals surface area (Å²) in [6, 6.07) is 14.2. The standard InChI is InChI=1S/C24H22FN3O4S/c1-2-32-19-11-7-17(8-12-19)26-22(29)14-21-23(30)28(18-9-5-16(25)6-10-18)24(31)27(21)15-20-4-3-13-33-20/h3-13,21H,2,14-15H2,1H3,(H,26,29)/t21-/m0/s1. The highest BCUT2D eigenvalue weighted by Crippen LogP contribution is 2.29. The van der Waals surface area contributed by atoms with E-state index in [1.54, 1.807) is 24.3 Å². The van der Waals surface area contributed by atoms with Crippen molar-refractivity contribution in [3.63, 3.8) is 0 Å². The minimum atomic E-state index is -0.979. The molecule has 4 rings (SSSR count). The molecule has 4 amide bonds. The fraction of sp³-hybridized carbons (Fsp3) is 0.208. The predicted molar refractivity (Wildman–Crippen MR) is 124 cm³/mol. The molecule has 0 aliphatic carbocycles. The number of hydrogen-bond donors (Lipinski definition) is 1. The Bertz CT molecular complexity index is 1130. The van der Waals surface area contributed by atoms with Gasteiger partial charge in [0.1, 0.15) is 17.6 Å². The summed E-state index contributed by atoms with van der Waals surface area (Å²) in [4.78, 5) is 42.4. The van der Waals surface area contributed by atoms with Gasteiger partial charge in [0.2, 0.25) is 5.91 Å². The lowest BCUT2D eigenvalue weighted by atomic mass is 10.1. The minimum Gasteiger partial charge on any atom is -0.494 e. The Labute approximate surface area is 194 Å². The van der Waals surface area contributed by atoms with E-state index in [0.29, 0.717) is 18.0 Å². The number of carbonyl (C=O) groups is 3. The Morgan fingerprint density at radius 2 is 1.82 bits per heavy atom. The molecule has 1 N–H and O–H groups in total. The van der Waals surface area contributed by atoms with E-state index < -0.39 is 29.7 Å². The Balaban J connectivity index is 1.53. The van der Waals surface area contributed by atoms with Crippen molar-refractivity contribution in [2.45, 2.75) is 25.9 Å². The van der Waals surface area contributed by atoms with Crippen LogP contribution in [0.15, 0.2) is 66.0 Å². The molecule has 1 aliphatic heterocycles. The molecule has 0 spiro atoms. The maximum Gasteiger partial charge on any atom is 0.332 e. The van der Waals surface area contributed by atoms with Gasteiger partial charge in [-0.25, -0.2) is 14.1 Å². The number of urea groups is 1. The lowest BCUT2D eigenvalue weighted by Gasteiger charge is -2.21. The van der Waals surface area contributed by atoms with Gasteiger partial charge < -0.3 is 15.0 Å². The second-order valence-electron chi connectivity index (χ2n) is 7.37. The molecule has 1 aliphatic rings. The van der Waals surface area contributed by atoms with Crippen molar-refractivity contribution in [1.29, 1.82) is 0 Å². The molecule has 33 heavy (non-hydrogen) atoms. The van der Waals surface area contributed by atoms with E-state index in [4.69, 9.17) is 4.74 Å². The second-order valence-corrected chi connectivity index (χ2v) is 8.40. The summed E-state index contributed by atoms with van der Waals surface area (Å²) in [7, 11) is 0.